The number of halogens is 1. The second kappa shape index (κ2) is 10.7. The maximum Gasteiger partial charge on any atom is 0.254 e. The zero-order valence-electron chi connectivity index (χ0n) is 21.8. The number of carbonyl (C=O) groups excluding carboxylic acids is 1. The van der Waals surface area contributed by atoms with Crippen LogP contribution in [0.1, 0.15) is 50.3 Å². The minimum absolute atomic E-state index is 0.0678. The normalized spacial score (nSPS) is 20.5. The van der Waals surface area contributed by atoms with Crippen molar-refractivity contribution in [2.45, 2.75) is 45.2 Å². The minimum atomic E-state index is -0.142. The average Bonchev–Trinajstić information content (AvgIpc) is 3.05. The molecule has 0 bridgehead atoms. The number of aromatic nitrogens is 1. The largest absolute Gasteiger partial charge is 0.481 e. The van der Waals surface area contributed by atoms with E-state index < -0.39 is 0 Å². The van der Waals surface area contributed by atoms with Crippen molar-refractivity contribution in [2.75, 3.05) is 27.4 Å². The molecular weight excluding hydrogens is 488 g/mol. The Hall–Kier alpha value is -3.09. The number of allylic oxidation sites excluding steroid dienone is 3. The zero-order valence-corrected chi connectivity index (χ0v) is 22.5. The highest BCUT2D eigenvalue weighted by atomic mass is 35.5. The Balaban J connectivity index is 1.68. The van der Waals surface area contributed by atoms with Gasteiger partial charge in [0, 0.05) is 41.5 Å². The fourth-order valence-electron chi connectivity index (χ4n) is 5.51. The second-order valence-electron chi connectivity index (χ2n) is 10.0. The molecular formula is C30H33ClN2O4. The summed E-state index contributed by atoms with van der Waals surface area (Å²) in [4.78, 5) is 20.8. The Kier molecular flexibility index (Phi) is 7.40. The van der Waals surface area contributed by atoms with Gasteiger partial charge < -0.3 is 19.1 Å². The van der Waals surface area contributed by atoms with Crippen molar-refractivity contribution in [1.82, 2.24) is 9.88 Å². The molecule has 1 fully saturated rings. The molecule has 0 N–H and O–H groups in total. The third kappa shape index (κ3) is 4.92. The van der Waals surface area contributed by atoms with Crippen LogP contribution in [0.5, 0.6) is 11.8 Å². The van der Waals surface area contributed by atoms with Gasteiger partial charge in [-0.1, -0.05) is 49.2 Å². The molecule has 1 aromatic heterocycles. The number of rotatable bonds is 6. The van der Waals surface area contributed by atoms with Crippen molar-refractivity contribution in [3.05, 3.63) is 81.4 Å². The van der Waals surface area contributed by atoms with Crippen LogP contribution in [-0.2, 0) is 9.53 Å². The van der Waals surface area contributed by atoms with E-state index in [2.05, 4.69) is 29.8 Å². The van der Waals surface area contributed by atoms with Crippen molar-refractivity contribution in [1.29, 1.82) is 0 Å². The third-order valence-electron chi connectivity index (χ3n) is 7.51. The van der Waals surface area contributed by atoms with Gasteiger partial charge in [0.2, 0.25) is 11.8 Å². The van der Waals surface area contributed by atoms with Gasteiger partial charge in [-0.05, 0) is 66.2 Å². The number of hydrogen-bond donors (Lipinski definition) is 0. The first-order valence-corrected chi connectivity index (χ1v) is 13.2. The molecule has 1 aromatic carbocycles. The van der Waals surface area contributed by atoms with Crippen LogP contribution in [0.15, 0.2) is 65.3 Å². The third-order valence-corrected chi connectivity index (χ3v) is 7.77. The molecule has 0 radical (unpaired) electrons. The van der Waals surface area contributed by atoms with Crippen LogP contribution in [0.25, 0.3) is 5.57 Å². The van der Waals surface area contributed by atoms with Crippen LogP contribution in [0, 0.1) is 5.92 Å². The van der Waals surface area contributed by atoms with Crippen molar-refractivity contribution in [3.63, 3.8) is 0 Å². The molecule has 2 aliphatic heterocycles. The van der Waals surface area contributed by atoms with Crippen molar-refractivity contribution >= 4 is 23.1 Å². The lowest BCUT2D eigenvalue weighted by Gasteiger charge is -2.37. The Morgan fingerprint density at radius 2 is 1.76 bits per heavy atom. The van der Waals surface area contributed by atoms with Crippen LogP contribution in [0.3, 0.4) is 0 Å². The molecule has 194 valence electrons. The number of ether oxygens (including phenoxy) is 3. The van der Waals surface area contributed by atoms with Crippen LogP contribution in [0.2, 0.25) is 5.02 Å². The monoisotopic (exact) mass is 520 g/mol. The van der Waals surface area contributed by atoms with Gasteiger partial charge in [-0.15, -0.1) is 0 Å². The predicted octanol–water partition coefficient (Wildman–Crippen LogP) is 6.18. The molecule has 5 rings (SSSR count). The quantitative estimate of drug-likeness (QED) is 0.455. The number of pyridine rings is 1. The number of amides is 1. The first-order chi connectivity index (χ1) is 17.9. The van der Waals surface area contributed by atoms with E-state index in [1.165, 1.54) is 5.57 Å². The summed E-state index contributed by atoms with van der Waals surface area (Å²) in [6, 6.07) is 11.7. The molecule has 1 aliphatic carbocycles. The summed E-state index contributed by atoms with van der Waals surface area (Å²) >= 11 is 6.24. The van der Waals surface area contributed by atoms with Crippen molar-refractivity contribution in [3.8, 4) is 11.8 Å². The SMILES string of the molecule is COc1ccc(C2=CC3=C(CC(C(C)C)=C2)C(c2ccc(Cl)cc2)N(C2CCOCC2)C3=O)c(OC)n1. The lowest BCUT2D eigenvalue weighted by atomic mass is 9.88. The van der Waals surface area contributed by atoms with Gasteiger partial charge in [0.1, 0.15) is 0 Å². The van der Waals surface area contributed by atoms with Gasteiger partial charge in [-0.25, -0.2) is 0 Å². The number of methoxy groups -OCH3 is 2. The molecule has 2 aromatic rings. The summed E-state index contributed by atoms with van der Waals surface area (Å²) in [5, 5.41) is 0.685. The Bertz CT molecular complexity index is 1270. The highest BCUT2D eigenvalue weighted by Crippen LogP contribution is 2.47. The van der Waals surface area contributed by atoms with Crippen molar-refractivity contribution in [2.24, 2.45) is 5.92 Å². The van der Waals surface area contributed by atoms with Crippen LogP contribution >= 0.6 is 11.6 Å². The second-order valence-corrected chi connectivity index (χ2v) is 10.4. The Labute approximate surface area is 223 Å². The number of nitrogens with zero attached hydrogens (tertiary/aromatic N) is 2. The summed E-state index contributed by atoms with van der Waals surface area (Å²) in [6.07, 6.45) is 6.60. The Morgan fingerprint density at radius 1 is 1.03 bits per heavy atom. The summed E-state index contributed by atoms with van der Waals surface area (Å²) < 4.78 is 16.6. The first kappa shape index (κ1) is 25.6. The minimum Gasteiger partial charge on any atom is -0.481 e. The van der Waals surface area contributed by atoms with E-state index in [1.807, 2.05) is 42.5 Å². The van der Waals surface area contributed by atoms with Gasteiger partial charge in [-0.3, -0.25) is 4.79 Å². The Morgan fingerprint density at radius 3 is 2.41 bits per heavy atom. The van der Waals surface area contributed by atoms with E-state index in [0.29, 0.717) is 35.9 Å². The smallest absolute Gasteiger partial charge is 0.254 e. The summed E-state index contributed by atoms with van der Waals surface area (Å²) in [7, 11) is 3.18. The van der Waals surface area contributed by atoms with E-state index in [1.54, 1.807) is 14.2 Å². The summed E-state index contributed by atoms with van der Waals surface area (Å²) in [6.45, 7) is 5.73. The van der Waals surface area contributed by atoms with Crippen LogP contribution in [-0.4, -0.2) is 49.3 Å². The van der Waals surface area contributed by atoms with Gasteiger partial charge in [0.15, 0.2) is 0 Å². The van der Waals surface area contributed by atoms with E-state index >= 15 is 0 Å². The number of hydrogen-bond acceptors (Lipinski definition) is 5. The molecule has 3 heterocycles. The predicted molar refractivity (Wildman–Crippen MR) is 145 cm³/mol. The van der Waals surface area contributed by atoms with Crippen molar-refractivity contribution < 1.29 is 19.0 Å². The molecule has 1 saturated heterocycles. The highest BCUT2D eigenvalue weighted by molar-refractivity contribution is 6.30. The summed E-state index contributed by atoms with van der Waals surface area (Å²) in [5.74, 6) is 1.31. The number of carbonyl (C=O) groups is 1. The molecule has 1 atom stereocenters. The topological polar surface area (TPSA) is 60.9 Å². The van der Waals surface area contributed by atoms with Crippen LogP contribution < -0.4 is 9.47 Å². The first-order valence-electron chi connectivity index (χ1n) is 12.8. The van der Waals surface area contributed by atoms with Gasteiger partial charge in [0.05, 0.1) is 20.3 Å². The molecule has 1 unspecified atom stereocenters. The fourth-order valence-corrected chi connectivity index (χ4v) is 5.63. The standard InChI is InChI=1S/C30H33ClN2O4/c1-18(2)20-15-21(24-9-10-27(35-3)32-29(24)36-4)17-26-25(16-20)28(19-5-7-22(31)8-6-19)33(30(26)34)23-11-13-37-14-12-23/h5-10,15,17-18,23,28H,11-14,16H2,1-4H3. The van der Waals surface area contributed by atoms with E-state index in [0.717, 1.165) is 47.1 Å². The molecule has 3 aliphatic rings. The fraction of sp³-hybridized carbons (Fsp3) is 0.400. The highest BCUT2D eigenvalue weighted by Gasteiger charge is 2.44. The van der Waals surface area contributed by atoms with Gasteiger partial charge in [-0.2, -0.15) is 4.98 Å². The van der Waals surface area contributed by atoms with E-state index in [4.69, 9.17) is 25.8 Å². The molecule has 1 amide bonds. The number of benzene rings is 1. The van der Waals surface area contributed by atoms with Crippen LogP contribution in [0.4, 0.5) is 0 Å². The maximum absolute atomic E-state index is 14.2. The maximum atomic E-state index is 14.2. The van der Waals surface area contributed by atoms with Gasteiger partial charge in [0.25, 0.3) is 5.91 Å². The molecule has 37 heavy (non-hydrogen) atoms. The average molecular weight is 521 g/mol. The summed E-state index contributed by atoms with van der Waals surface area (Å²) in [5.41, 5.74) is 5.97. The zero-order chi connectivity index (χ0) is 26.1. The lowest BCUT2D eigenvalue weighted by molar-refractivity contribution is -0.131. The molecule has 0 spiro atoms. The van der Waals surface area contributed by atoms with E-state index in [9.17, 15) is 4.79 Å². The molecule has 6 nitrogen and oxygen atoms in total. The molecule has 0 saturated carbocycles. The van der Waals surface area contributed by atoms with E-state index in [-0.39, 0.29) is 18.0 Å². The molecule has 7 heteroatoms. The van der Waals surface area contributed by atoms with Gasteiger partial charge >= 0.3 is 0 Å². The lowest BCUT2D eigenvalue weighted by Crippen LogP contribution is -2.43.